The van der Waals surface area contributed by atoms with E-state index in [-0.39, 0.29) is 22.5 Å². The van der Waals surface area contributed by atoms with Gasteiger partial charge in [0.15, 0.2) is 0 Å². The molecule has 0 bridgehead atoms. The molecule has 0 aromatic heterocycles. The number of carbonyl (C=O) groups excluding carboxylic acids is 1. The number of ether oxygens (including phenoxy) is 1. The molecular formula is C37H46O3SSi. The van der Waals surface area contributed by atoms with Gasteiger partial charge in [-0.25, -0.2) is 0 Å². The largest absolute Gasteiger partial charge is 0.407 e. The normalized spacial score (nSPS) is 20.9. The van der Waals surface area contributed by atoms with Gasteiger partial charge in [0.1, 0.15) is 11.7 Å². The van der Waals surface area contributed by atoms with Crippen molar-refractivity contribution in [3.05, 3.63) is 115 Å². The van der Waals surface area contributed by atoms with Crippen molar-refractivity contribution in [2.24, 2.45) is 11.8 Å². The summed E-state index contributed by atoms with van der Waals surface area (Å²) in [5.74, 6) is 0.728. The van der Waals surface area contributed by atoms with E-state index in [1.54, 1.807) is 0 Å². The van der Waals surface area contributed by atoms with Crippen LogP contribution in [0.5, 0.6) is 0 Å². The van der Waals surface area contributed by atoms with Crippen molar-refractivity contribution in [2.45, 2.75) is 75.4 Å². The van der Waals surface area contributed by atoms with Gasteiger partial charge in [0.05, 0.1) is 6.10 Å². The second kappa shape index (κ2) is 15.2. The van der Waals surface area contributed by atoms with E-state index in [1.807, 2.05) is 30.8 Å². The second-order valence-electron chi connectivity index (χ2n) is 12.4. The topological polar surface area (TPSA) is 35.5 Å². The highest BCUT2D eigenvalue weighted by molar-refractivity contribution is 7.99. The molecule has 1 aliphatic heterocycles. The minimum Gasteiger partial charge on any atom is -0.407 e. The molecule has 0 saturated carbocycles. The Bertz CT molecular complexity index is 1260. The maximum absolute atomic E-state index is 11.0. The van der Waals surface area contributed by atoms with Crippen molar-refractivity contribution in [3.8, 4) is 0 Å². The smallest absolute Gasteiger partial charge is 0.261 e. The number of carbonyl (C=O) groups is 1. The summed E-state index contributed by atoms with van der Waals surface area (Å²) in [7, 11) is -2.57. The number of hydrogen-bond donors (Lipinski definition) is 0. The zero-order valence-electron chi connectivity index (χ0n) is 25.7. The maximum atomic E-state index is 11.0. The lowest BCUT2D eigenvalue weighted by molar-refractivity contribution is -0.104. The summed E-state index contributed by atoms with van der Waals surface area (Å²) in [5, 5.41) is 2.61. The Morgan fingerprint density at radius 2 is 1.52 bits per heavy atom. The predicted octanol–water partition coefficient (Wildman–Crippen LogP) is 8.20. The van der Waals surface area contributed by atoms with Crippen molar-refractivity contribution in [2.75, 3.05) is 6.61 Å². The van der Waals surface area contributed by atoms with Crippen molar-refractivity contribution in [1.29, 1.82) is 0 Å². The highest BCUT2D eigenvalue weighted by Crippen LogP contribution is 2.40. The molecule has 0 amide bonds. The molecule has 3 nitrogen and oxygen atoms in total. The third-order valence-electron chi connectivity index (χ3n) is 8.24. The van der Waals surface area contributed by atoms with Gasteiger partial charge in [0.25, 0.3) is 8.32 Å². The van der Waals surface area contributed by atoms with E-state index in [0.29, 0.717) is 5.92 Å². The third-order valence-corrected chi connectivity index (χ3v) is 14.4. The fraction of sp³-hybridized carbons (Fsp3) is 0.378. The van der Waals surface area contributed by atoms with Gasteiger partial charge >= 0.3 is 0 Å². The Morgan fingerprint density at radius 1 is 0.952 bits per heavy atom. The standard InChI is InChI=1S/C37H46O3SSi/c1-29(28-38)16-15-17-30(2)35-26-31(27-36(40-35)41-32-18-9-6-10-19-32)24-25-39-42(37(3,4)5,33-20-11-7-12-21-33)34-22-13-8-14-23-34/h6-23,28,30-31,35-36H,24-27H2,1-5H3/b17-15+,29-16+/t30-,31-,35-,36+/m1/s1. The van der Waals surface area contributed by atoms with Crippen LogP contribution in [0.2, 0.25) is 5.04 Å². The van der Waals surface area contributed by atoms with Gasteiger partial charge < -0.3 is 9.16 Å². The Labute approximate surface area is 258 Å². The van der Waals surface area contributed by atoms with E-state index in [9.17, 15) is 4.79 Å². The van der Waals surface area contributed by atoms with Crippen molar-refractivity contribution in [3.63, 3.8) is 0 Å². The number of thioether (sulfide) groups is 1. The Morgan fingerprint density at radius 3 is 2.07 bits per heavy atom. The van der Waals surface area contributed by atoms with Crippen LogP contribution >= 0.6 is 11.8 Å². The van der Waals surface area contributed by atoms with Crippen LogP contribution in [0.1, 0.15) is 53.9 Å². The number of aldehydes is 1. The molecule has 0 aliphatic carbocycles. The third kappa shape index (κ3) is 8.22. The minimum absolute atomic E-state index is 0.0356. The first kappa shape index (κ1) is 32.2. The van der Waals surface area contributed by atoms with Crippen LogP contribution in [0.15, 0.2) is 120 Å². The number of allylic oxidation sites excluding steroid dienone is 3. The molecule has 0 spiro atoms. The van der Waals surface area contributed by atoms with Gasteiger partial charge in [-0.05, 0) is 65.2 Å². The Balaban J connectivity index is 1.55. The lowest BCUT2D eigenvalue weighted by Crippen LogP contribution is -2.66. The van der Waals surface area contributed by atoms with E-state index < -0.39 is 8.32 Å². The summed E-state index contributed by atoms with van der Waals surface area (Å²) in [6.45, 7) is 11.8. The lowest BCUT2D eigenvalue weighted by Gasteiger charge is -2.43. The van der Waals surface area contributed by atoms with Crippen LogP contribution in [-0.4, -0.2) is 32.8 Å². The molecule has 4 rings (SSSR count). The van der Waals surface area contributed by atoms with E-state index in [4.69, 9.17) is 9.16 Å². The average Bonchev–Trinajstić information content (AvgIpc) is 3.00. The molecule has 0 radical (unpaired) electrons. The minimum atomic E-state index is -2.57. The molecule has 1 heterocycles. The summed E-state index contributed by atoms with van der Waals surface area (Å²) in [5.41, 5.74) is 0.811. The lowest BCUT2D eigenvalue weighted by atomic mass is 9.87. The average molecular weight is 599 g/mol. The summed E-state index contributed by atoms with van der Waals surface area (Å²) >= 11 is 1.82. The first-order valence-corrected chi connectivity index (χ1v) is 17.9. The molecule has 1 aliphatic rings. The van der Waals surface area contributed by atoms with Crippen LogP contribution in [0.25, 0.3) is 0 Å². The van der Waals surface area contributed by atoms with E-state index in [1.165, 1.54) is 15.3 Å². The highest BCUT2D eigenvalue weighted by Gasteiger charge is 2.50. The molecule has 1 saturated heterocycles. The molecule has 3 aromatic rings. The predicted molar refractivity (Wildman–Crippen MR) is 180 cm³/mol. The molecule has 0 N–H and O–H groups in total. The SMILES string of the molecule is C/C(C=O)=C\C=C\[C@@H](C)[C@H]1C[C@@H](CCO[Si](c2ccccc2)(c2ccccc2)C(C)(C)C)C[C@H](Sc2ccccc2)O1. The number of rotatable bonds is 12. The molecule has 0 unspecified atom stereocenters. The molecule has 42 heavy (non-hydrogen) atoms. The number of benzene rings is 3. The van der Waals surface area contributed by atoms with Gasteiger partial charge in [-0.3, -0.25) is 4.79 Å². The van der Waals surface area contributed by atoms with Gasteiger partial charge in [-0.1, -0.05) is 137 Å². The van der Waals surface area contributed by atoms with Gasteiger partial charge in [-0.2, -0.15) is 0 Å². The first-order valence-electron chi connectivity index (χ1n) is 15.2. The zero-order valence-corrected chi connectivity index (χ0v) is 27.6. The first-order chi connectivity index (χ1) is 20.2. The van der Waals surface area contributed by atoms with Crippen LogP contribution < -0.4 is 10.4 Å². The number of hydrogen-bond acceptors (Lipinski definition) is 4. The van der Waals surface area contributed by atoms with Crippen LogP contribution in [-0.2, 0) is 14.0 Å². The van der Waals surface area contributed by atoms with Crippen LogP contribution in [0.3, 0.4) is 0 Å². The Kier molecular flexibility index (Phi) is 11.6. The summed E-state index contributed by atoms with van der Waals surface area (Å²) < 4.78 is 14.0. The fourth-order valence-corrected chi connectivity index (χ4v) is 11.8. The van der Waals surface area contributed by atoms with Gasteiger partial charge in [0, 0.05) is 17.4 Å². The van der Waals surface area contributed by atoms with Crippen molar-refractivity contribution >= 4 is 36.7 Å². The summed E-state index contributed by atoms with van der Waals surface area (Å²) in [6, 6.07) is 32.4. The van der Waals surface area contributed by atoms with E-state index >= 15 is 0 Å². The molecule has 5 heteroatoms. The van der Waals surface area contributed by atoms with Gasteiger partial charge in [0.2, 0.25) is 0 Å². The summed E-state index contributed by atoms with van der Waals surface area (Å²) in [6.07, 6.45) is 10.0. The summed E-state index contributed by atoms with van der Waals surface area (Å²) in [4.78, 5) is 12.3. The molecule has 222 valence electrons. The fourth-order valence-electron chi connectivity index (χ4n) is 5.99. The highest BCUT2D eigenvalue weighted by atomic mass is 32.2. The van der Waals surface area contributed by atoms with Crippen LogP contribution in [0.4, 0.5) is 0 Å². The molecular weight excluding hydrogens is 553 g/mol. The van der Waals surface area contributed by atoms with E-state index in [2.05, 4.69) is 125 Å². The van der Waals surface area contributed by atoms with Crippen molar-refractivity contribution < 1.29 is 14.0 Å². The zero-order chi connectivity index (χ0) is 30.0. The monoisotopic (exact) mass is 598 g/mol. The van der Waals surface area contributed by atoms with Gasteiger partial charge in [-0.15, -0.1) is 0 Å². The quantitative estimate of drug-likeness (QED) is 0.0911. The molecule has 3 aromatic carbocycles. The van der Waals surface area contributed by atoms with E-state index in [0.717, 1.165) is 37.7 Å². The van der Waals surface area contributed by atoms with Crippen LogP contribution in [0, 0.1) is 11.8 Å². The molecule has 4 atom stereocenters. The maximum Gasteiger partial charge on any atom is 0.261 e. The second-order valence-corrected chi connectivity index (χ2v) is 18.0. The Hall–Kier alpha value is -2.70. The molecule has 1 fully saturated rings. The van der Waals surface area contributed by atoms with Crippen molar-refractivity contribution in [1.82, 2.24) is 0 Å².